The van der Waals surface area contributed by atoms with Crippen molar-refractivity contribution in [2.24, 2.45) is 5.92 Å². The Balaban J connectivity index is 1.57. The first-order chi connectivity index (χ1) is 14.2. The summed E-state index contributed by atoms with van der Waals surface area (Å²) in [6, 6.07) is 27.9. The molecule has 1 N–H and O–H groups in total. The summed E-state index contributed by atoms with van der Waals surface area (Å²) in [4.78, 5) is 12.9. The fraction of sp³-hybridized carbons (Fsp3) is 0.269. The molecule has 3 aromatic rings. The first-order valence-electron chi connectivity index (χ1n) is 10.4. The molecule has 29 heavy (non-hydrogen) atoms. The van der Waals surface area contributed by atoms with E-state index in [4.69, 9.17) is 4.74 Å². The molecule has 0 spiro atoms. The maximum absolute atomic E-state index is 12.9. The first-order valence-corrected chi connectivity index (χ1v) is 10.4. The molecule has 0 unspecified atom stereocenters. The zero-order valence-electron chi connectivity index (χ0n) is 17.0. The summed E-state index contributed by atoms with van der Waals surface area (Å²) in [5.41, 5.74) is 3.13. The molecule has 3 heteroatoms. The van der Waals surface area contributed by atoms with Gasteiger partial charge in [0.25, 0.3) is 0 Å². The normalized spacial score (nSPS) is 11.6. The van der Waals surface area contributed by atoms with E-state index in [1.165, 1.54) is 5.56 Å². The number of rotatable bonds is 10. The van der Waals surface area contributed by atoms with Crippen molar-refractivity contribution in [2.45, 2.75) is 39.2 Å². The molecule has 0 aromatic heterocycles. The molecule has 0 aliphatic heterocycles. The smallest absolute Gasteiger partial charge is 0.227 e. The topological polar surface area (TPSA) is 38.3 Å². The first kappa shape index (κ1) is 20.7. The highest BCUT2D eigenvalue weighted by atomic mass is 16.5. The van der Waals surface area contributed by atoms with Crippen LogP contribution in [0.15, 0.2) is 84.9 Å². The van der Waals surface area contributed by atoms with Crippen LogP contribution in [-0.2, 0) is 17.8 Å². The van der Waals surface area contributed by atoms with E-state index in [1.54, 1.807) is 0 Å². The minimum absolute atomic E-state index is 0.0219. The van der Waals surface area contributed by atoms with E-state index in [1.807, 2.05) is 72.8 Å². The lowest BCUT2D eigenvalue weighted by molar-refractivity contribution is -0.120. The Morgan fingerprint density at radius 3 is 2.10 bits per heavy atom. The Morgan fingerprint density at radius 1 is 0.862 bits per heavy atom. The minimum Gasteiger partial charge on any atom is -0.489 e. The number of hydrogen-bond donors (Lipinski definition) is 1. The molecule has 0 aliphatic carbocycles. The van der Waals surface area contributed by atoms with Gasteiger partial charge in [-0.3, -0.25) is 4.79 Å². The number of amides is 1. The average Bonchev–Trinajstić information content (AvgIpc) is 2.77. The highest BCUT2D eigenvalue weighted by Gasteiger charge is 2.18. The Hall–Kier alpha value is -3.07. The van der Waals surface area contributed by atoms with Crippen molar-refractivity contribution in [3.05, 3.63) is 96.1 Å². The van der Waals surface area contributed by atoms with Crippen LogP contribution in [0, 0.1) is 5.92 Å². The number of anilines is 1. The van der Waals surface area contributed by atoms with E-state index >= 15 is 0 Å². The Bertz CT molecular complexity index is 860. The van der Waals surface area contributed by atoms with Crippen molar-refractivity contribution in [2.75, 3.05) is 5.32 Å². The van der Waals surface area contributed by atoms with Gasteiger partial charge in [-0.1, -0.05) is 80.4 Å². The number of benzene rings is 3. The van der Waals surface area contributed by atoms with Crippen molar-refractivity contribution in [3.63, 3.8) is 0 Å². The van der Waals surface area contributed by atoms with Crippen LogP contribution in [0.4, 0.5) is 5.69 Å². The molecule has 0 aliphatic rings. The molecule has 150 valence electrons. The van der Waals surface area contributed by atoms with Gasteiger partial charge in [-0.05, 0) is 48.2 Å². The summed E-state index contributed by atoms with van der Waals surface area (Å²) in [6.07, 6.45) is 3.81. The quantitative estimate of drug-likeness (QED) is 0.446. The maximum Gasteiger partial charge on any atom is 0.227 e. The lowest BCUT2D eigenvalue weighted by Crippen LogP contribution is -2.24. The Kier molecular flexibility index (Phi) is 7.88. The molecule has 3 rings (SSSR count). The molecule has 0 bridgehead atoms. The van der Waals surface area contributed by atoms with Gasteiger partial charge in [0.05, 0.1) is 0 Å². The summed E-state index contributed by atoms with van der Waals surface area (Å²) in [6.45, 7) is 2.69. The van der Waals surface area contributed by atoms with Gasteiger partial charge in [0.15, 0.2) is 0 Å². The second-order valence-corrected chi connectivity index (χ2v) is 7.32. The van der Waals surface area contributed by atoms with Crippen LogP contribution >= 0.6 is 0 Å². The van der Waals surface area contributed by atoms with E-state index < -0.39 is 0 Å². The Labute approximate surface area is 173 Å². The van der Waals surface area contributed by atoms with Crippen LogP contribution in [0.3, 0.4) is 0 Å². The molecule has 3 aromatic carbocycles. The lowest BCUT2D eigenvalue weighted by atomic mass is 9.93. The number of nitrogens with one attached hydrogen (secondary N) is 1. The maximum atomic E-state index is 12.9. The number of unbranched alkanes of at least 4 members (excludes halogenated alkanes) is 1. The van der Waals surface area contributed by atoms with Gasteiger partial charge in [0, 0.05) is 11.6 Å². The third-order valence-electron chi connectivity index (χ3n) is 4.97. The molecule has 0 saturated heterocycles. The van der Waals surface area contributed by atoms with Crippen LogP contribution in [0.1, 0.15) is 37.3 Å². The molecule has 0 fully saturated rings. The third-order valence-corrected chi connectivity index (χ3v) is 4.97. The van der Waals surface area contributed by atoms with Crippen LogP contribution < -0.4 is 10.1 Å². The van der Waals surface area contributed by atoms with Crippen molar-refractivity contribution in [3.8, 4) is 5.75 Å². The number of carbonyl (C=O) groups is 1. The SMILES string of the molecule is CCCC[C@H](Cc1ccccc1)C(=O)Nc1ccc(OCc2ccccc2)cc1. The summed E-state index contributed by atoms with van der Waals surface area (Å²) in [5.74, 6) is 0.852. The fourth-order valence-corrected chi connectivity index (χ4v) is 3.29. The van der Waals surface area contributed by atoms with Gasteiger partial charge >= 0.3 is 0 Å². The minimum atomic E-state index is -0.0219. The zero-order valence-corrected chi connectivity index (χ0v) is 17.0. The van der Waals surface area contributed by atoms with E-state index in [0.29, 0.717) is 6.61 Å². The molecule has 0 heterocycles. The van der Waals surface area contributed by atoms with Gasteiger partial charge < -0.3 is 10.1 Å². The van der Waals surface area contributed by atoms with E-state index in [-0.39, 0.29) is 11.8 Å². The second kappa shape index (κ2) is 11.1. The molecular formula is C26H29NO2. The number of carbonyl (C=O) groups excluding carboxylic acids is 1. The summed E-state index contributed by atoms with van der Waals surface area (Å²) in [7, 11) is 0. The van der Waals surface area contributed by atoms with Gasteiger partial charge in [-0.15, -0.1) is 0 Å². The number of hydrogen-bond acceptors (Lipinski definition) is 2. The summed E-state index contributed by atoms with van der Waals surface area (Å²) in [5, 5.41) is 3.08. The van der Waals surface area contributed by atoms with Gasteiger partial charge in [-0.2, -0.15) is 0 Å². The van der Waals surface area contributed by atoms with Gasteiger partial charge in [-0.25, -0.2) is 0 Å². The second-order valence-electron chi connectivity index (χ2n) is 7.32. The monoisotopic (exact) mass is 387 g/mol. The lowest BCUT2D eigenvalue weighted by Gasteiger charge is -2.17. The molecule has 0 radical (unpaired) electrons. The van der Waals surface area contributed by atoms with Crippen molar-refractivity contribution in [1.82, 2.24) is 0 Å². The molecule has 3 nitrogen and oxygen atoms in total. The number of ether oxygens (including phenoxy) is 1. The van der Waals surface area contributed by atoms with E-state index in [2.05, 4.69) is 24.4 Å². The third kappa shape index (κ3) is 6.79. The van der Waals surface area contributed by atoms with Crippen LogP contribution in [-0.4, -0.2) is 5.91 Å². The van der Waals surface area contributed by atoms with E-state index in [9.17, 15) is 4.79 Å². The van der Waals surface area contributed by atoms with E-state index in [0.717, 1.165) is 42.7 Å². The average molecular weight is 388 g/mol. The van der Waals surface area contributed by atoms with Gasteiger partial charge in [0.1, 0.15) is 12.4 Å². The Morgan fingerprint density at radius 2 is 1.48 bits per heavy atom. The molecular weight excluding hydrogens is 358 g/mol. The highest BCUT2D eigenvalue weighted by molar-refractivity contribution is 5.92. The van der Waals surface area contributed by atoms with Crippen LogP contribution in [0.5, 0.6) is 5.75 Å². The predicted molar refractivity (Wildman–Crippen MR) is 119 cm³/mol. The van der Waals surface area contributed by atoms with Crippen molar-refractivity contribution in [1.29, 1.82) is 0 Å². The summed E-state index contributed by atoms with van der Waals surface area (Å²) >= 11 is 0. The van der Waals surface area contributed by atoms with Crippen molar-refractivity contribution >= 4 is 11.6 Å². The zero-order chi connectivity index (χ0) is 20.3. The van der Waals surface area contributed by atoms with Gasteiger partial charge in [0.2, 0.25) is 5.91 Å². The standard InChI is InChI=1S/C26H29NO2/c1-2-3-14-23(19-21-10-6-4-7-11-21)26(28)27-24-15-17-25(18-16-24)29-20-22-12-8-5-9-13-22/h4-13,15-18,23H,2-3,14,19-20H2,1H3,(H,27,28)/t23-/m1/s1. The summed E-state index contributed by atoms with van der Waals surface area (Å²) < 4.78 is 5.82. The highest BCUT2D eigenvalue weighted by Crippen LogP contribution is 2.21. The van der Waals surface area contributed by atoms with Crippen LogP contribution in [0.2, 0.25) is 0 Å². The molecule has 0 saturated carbocycles. The molecule has 1 atom stereocenters. The molecule has 1 amide bonds. The van der Waals surface area contributed by atoms with Crippen molar-refractivity contribution < 1.29 is 9.53 Å². The fourth-order valence-electron chi connectivity index (χ4n) is 3.29. The predicted octanol–water partition coefficient (Wildman–Crippen LogP) is 6.25. The van der Waals surface area contributed by atoms with Crippen LogP contribution in [0.25, 0.3) is 0 Å². The largest absolute Gasteiger partial charge is 0.489 e.